The molecule has 0 unspecified atom stereocenters. The fourth-order valence-electron chi connectivity index (χ4n) is 2.77. The van der Waals surface area contributed by atoms with Crippen LogP contribution >= 0.6 is 11.6 Å². The van der Waals surface area contributed by atoms with Gasteiger partial charge in [0.1, 0.15) is 0 Å². The molecule has 3 rings (SSSR count). The van der Waals surface area contributed by atoms with Crippen molar-refractivity contribution >= 4 is 44.6 Å². The van der Waals surface area contributed by atoms with Crippen molar-refractivity contribution in [3.05, 3.63) is 101 Å². The van der Waals surface area contributed by atoms with E-state index in [2.05, 4.69) is 4.72 Å². The molecule has 0 heterocycles. The molecule has 29 heavy (non-hydrogen) atoms. The smallest absolute Gasteiger partial charge is 0.262 e. The molecule has 0 radical (unpaired) electrons. The van der Waals surface area contributed by atoms with E-state index in [4.69, 9.17) is 11.6 Å². The van der Waals surface area contributed by atoms with E-state index in [-0.39, 0.29) is 0 Å². The van der Waals surface area contributed by atoms with Crippen molar-refractivity contribution in [3.8, 4) is 0 Å². The third-order valence-electron chi connectivity index (χ3n) is 4.07. The van der Waals surface area contributed by atoms with Gasteiger partial charge in [-0.1, -0.05) is 60.1 Å². The molecule has 0 aromatic heterocycles. The molecule has 2 amide bonds. The number of nitrogens with zero attached hydrogens (tertiary/aromatic N) is 1. The molecule has 0 aliphatic heterocycles. The summed E-state index contributed by atoms with van der Waals surface area (Å²) in [6.07, 6.45) is 0. The lowest BCUT2D eigenvalue weighted by Crippen LogP contribution is -2.39. The zero-order valence-corrected chi connectivity index (χ0v) is 17.2. The van der Waals surface area contributed by atoms with Crippen LogP contribution in [0.2, 0.25) is 5.02 Å². The number of benzene rings is 3. The molecule has 0 bridgehead atoms. The third kappa shape index (κ3) is 5.47. The molecule has 3 aromatic rings. The van der Waals surface area contributed by atoms with Crippen molar-refractivity contribution in [1.29, 1.82) is 0 Å². The SMILES string of the molecule is CC(=CS(=O)(=O)NC(=O)N(c1ccccc1)c1ccccc1)c1cccc(Cl)c1. The molecule has 0 spiro atoms. The maximum absolute atomic E-state index is 12.9. The summed E-state index contributed by atoms with van der Waals surface area (Å²) in [5, 5.41) is 1.51. The number of carbonyl (C=O) groups is 1. The number of nitrogens with one attached hydrogen (secondary N) is 1. The number of hydrogen-bond donors (Lipinski definition) is 1. The molecule has 0 aliphatic rings. The topological polar surface area (TPSA) is 66.5 Å². The van der Waals surface area contributed by atoms with Crippen molar-refractivity contribution in [2.45, 2.75) is 6.92 Å². The summed E-state index contributed by atoms with van der Waals surface area (Å²) in [5.41, 5.74) is 2.20. The summed E-state index contributed by atoms with van der Waals surface area (Å²) < 4.78 is 27.3. The standard InChI is InChI=1S/C22H19ClN2O3S/c1-17(18-9-8-10-19(23)15-18)16-29(27,28)24-22(26)25(20-11-4-2-5-12-20)21-13-6-3-7-14-21/h2-16H,1H3,(H,24,26). The average molecular weight is 427 g/mol. The Bertz CT molecular complexity index is 1090. The van der Waals surface area contributed by atoms with Crippen LogP contribution in [0.15, 0.2) is 90.3 Å². The normalized spacial score (nSPS) is 11.7. The van der Waals surface area contributed by atoms with E-state index in [0.717, 1.165) is 5.41 Å². The highest BCUT2D eigenvalue weighted by Gasteiger charge is 2.22. The minimum atomic E-state index is -4.05. The molecule has 0 aliphatic carbocycles. The lowest BCUT2D eigenvalue weighted by Gasteiger charge is -2.23. The van der Waals surface area contributed by atoms with Crippen molar-refractivity contribution in [3.63, 3.8) is 0 Å². The van der Waals surface area contributed by atoms with E-state index in [1.165, 1.54) is 4.90 Å². The monoisotopic (exact) mass is 426 g/mol. The van der Waals surface area contributed by atoms with Gasteiger partial charge in [0.2, 0.25) is 0 Å². The van der Waals surface area contributed by atoms with Gasteiger partial charge in [-0.15, -0.1) is 0 Å². The number of allylic oxidation sites excluding steroid dienone is 1. The highest BCUT2D eigenvalue weighted by Crippen LogP contribution is 2.25. The molecule has 0 fully saturated rings. The Hall–Kier alpha value is -3.09. The number of para-hydroxylation sites is 2. The second-order valence-corrected chi connectivity index (χ2v) is 8.24. The maximum Gasteiger partial charge on any atom is 0.340 e. The first-order valence-electron chi connectivity index (χ1n) is 8.77. The van der Waals surface area contributed by atoms with Crippen LogP contribution in [0.25, 0.3) is 5.57 Å². The van der Waals surface area contributed by atoms with Gasteiger partial charge in [0.15, 0.2) is 0 Å². The first kappa shape index (κ1) is 20.6. The molecule has 5 nitrogen and oxygen atoms in total. The van der Waals surface area contributed by atoms with Gasteiger partial charge >= 0.3 is 6.03 Å². The molecule has 0 saturated carbocycles. The summed E-state index contributed by atoms with van der Waals surface area (Å²) in [4.78, 5) is 14.2. The quantitative estimate of drug-likeness (QED) is 0.579. The number of hydrogen-bond acceptors (Lipinski definition) is 3. The van der Waals surface area contributed by atoms with Crippen molar-refractivity contribution in [1.82, 2.24) is 4.72 Å². The van der Waals surface area contributed by atoms with Crippen molar-refractivity contribution in [2.24, 2.45) is 0 Å². The Morgan fingerprint density at radius 3 is 1.97 bits per heavy atom. The van der Waals surface area contributed by atoms with Crippen LogP contribution in [0.1, 0.15) is 12.5 Å². The number of rotatable bonds is 5. The Kier molecular flexibility index (Phi) is 6.36. The summed E-state index contributed by atoms with van der Waals surface area (Å²) in [6, 6.07) is 23.7. The highest BCUT2D eigenvalue weighted by atomic mass is 35.5. The summed E-state index contributed by atoms with van der Waals surface area (Å²) >= 11 is 5.97. The van der Waals surface area contributed by atoms with Crippen LogP contribution in [0, 0.1) is 0 Å². The van der Waals surface area contributed by atoms with Crippen LogP contribution in [-0.4, -0.2) is 14.4 Å². The maximum atomic E-state index is 12.9. The van der Waals surface area contributed by atoms with E-state index < -0.39 is 16.1 Å². The van der Waals surface area contributed by atoms with E-state index in [1.807, 2.05) is 12.1 Å². The zero-order valence-electron chi connectivity index (χ0n) is 15.6. The lowest BCUT2D eigenvalue weighted by molar-refractivity contribution is 0.253. The second-order valence-electron chi connectivity index (χ2n) is 6.27. The molecule has 0 saturated heterocycles. The average Bonchev–Trinajstić information content (AvgIpc) is 2.69. The number of sulfonamides is 1. The van der Waals surface area contributed by atoms with Crippen LogP contribution in [-0.2, 0) is 10.0 Å². The number of urea groups is 1. The van der Waals surface area contributed by atoms with E-state index in [1.54, 1.807) is 79.7 Å². The Morgan fingerprint density at radius 2 is 1.45 bits per heavy atom. The van der Waals surface area contributed by atoms with Gasteiger partial charge in [0.05, 0.1) is 16.8 Å². The molecule has 1 N–H and O–H groups in total. The van der Waals surface area contributed by atoms with Gasteiger partial charge in [-0.2, -0.15) is 0 Å². The van der Waals surface area contributed by atoms with Gasteiger partial charge < -0.3 is 0 Å². The van der Waals surface area contributed by atoms with Crippen molar-refractivity contribution < 1.29 is 13.2 Å². The number of carbonyl (C=O) groups excluding carboxylic acids is 1. The van der Waals surface area contributed by atoms with Gasteiger partial charge in [0, 0.05) is 5.02 Å². The molecule has 3 aromatic carbocycles. The largest absolute Gasteiger partial charge is 0.340 e. The first-order valence-corrected chi connectivity index (χ1v) is 10.7. The Morgan fingerprint density at radius 1 is 0.897 bits per heavy atom. The van der Waals surface area contributed by atoms with Gasteiger partial charge in [-0.3, -0.25) is 4.90 Å². The van der Waals surface area contributed by atoms with E-state index in [0.29, 0.717) is 27.5 Å². The van der Waals surface area contributed by atoms with Gasteiger partial charge in [-0.05, 0) is 54.5 Å². The zero-order chi connectivity index (χ0) is 20.9. The summed E-state index contributed by atoms with van der Waals surface area (Å²) in [7, 11) is -4.05. The molecular weight excluding hydrogens is 408 g/mol. The predicted molar refractivity (Wildman–Crippen MR) is 118 cm³/mol. The molecule has 0 atom stereocenters. The van der Waals surface area contributed by atoms with E-state index in [9.17, 15) is 13.2 Å². The summed E-state index contributed by atoms with van der Waals surface area (Å²) in [5.74, 6) is 0. The highest BCUT2D eigenvalue weighted by molar-refractivity contribution is 7.93. The second kappa shape index (κ2) is 8.94. The van der Waals surface area contributed by atoms with Crippen LogP contribution in [0.5, 0.6) is 0 Å². The van der Waals surface area contributed by atoms with E-state index >= 15 is 0 Å². The van der Waals surface area contributed by atoms with Gasteiger partial charge in [0.25, 0.3) is 10.0 Å². The molecule has 148 valence electrons. The Labute approximate surface area is 175 Å². The fraction of sp³-hybridized carbons (Fsp3) is 0.0455. The van der Waals surface area contributed by atoms with Gasteiger partial charge in [-0.25, -0.2) is 17.9 Å². The van der Waals surface area contributed by atoms with Crippen LogP contribution in [0.3, 0.4) is 0 Å². The van der Waals surface area contributed by atoms with Crippen LogP contribution < -0.4 is 9.62 Å². The lowest BCUT2D eigenvalue weighted by atomic mass is 10.1. The predicted octanol–water partition coefficient (Wildman–Crippen LogP) is 5.58. The number of halogens is 1. The minimum absolute atomic E-state index is 0.457. The molecular formula is C22H19ClN2O3S. The summed E-state index contributed by atoms with van der Waals surface area (Å²) in [6.45, 7) is 1.64. The minimum Gasteiger partial charge on any atom is -0.262 e. The Balaban J connectivity index is 1.90. The number of amides is 2. The first-order chi connectivity index (χ1) is 13.9. The fourth-order valence-corrected chi connectivity index (χ4v) is 3.95. The van der Waals surface area contributed by atoms with Crippen molar-refractivity contribution in [2.75, 3.05) is 4.90 Å². The molecule has 7 heteroatoms. The van der Waals surface area contributed by atoms with Crippen LogP contribution in [0.4, 0.5) is 16.2 Å². The third-order valence-corrected chi connectivity index (χ3v) is 5.43. The number of anilines is 2.